The third kappa shape index (κ3) is 2.68. The number of hydrogen-bond acceptors (Lipinski definition) is 4. The maximum Gasteiger partial charge on any atom is 0.352 e. The van der Waals surface area contributed by atoms with Crippen LogP contribution in [-0.4, -0.2) is 33.7 Å². The number of anilines is 1. The molecule has 6 heteroatoms. The highest BCUT2D eigenvalue weighted by Crippen LogP contribution is 2.25. The number of carboxylic acids is 1. The molecule has 0 radical (unpaired) electrons. The molecule has 1 aliphatic rings. The normalized spacial score (nSPS) is 14.9. The van der Waals surface area contributed by atoms with E-state index in [-0.39, 0.29) is 0 Å². The second-order valence-corrected chi connectivity index (χ2v) is 6.37. The Labute approximate surface area is 127 Å². The lowest BCUT2D eigenvalue weighted by Crippen LogP contribution is -2.17. The maximum atomic E-state index is 11.4. The van der Waals surface area contributed by atoms with E-state index in [2.05, 4.69) is 9.88 Å². The number of aromatic nitrogens is 2. The number of aromatic carboxylic acids is 1. The van der Waals surface area contributed by atoms with E-state index in [9.17, 15) is 9.90 Å². The minimum absolute atomic E-state index is 0.364. The summed E-state index contributed by atoms with van der Waals surface area (Å²) in [6, 6.07) is 0. The average Bonchev–Trinajstić information content (AvgIpc) is 3.12. The van der Waals surface area contributed by atoms with Crippen molar-refractivity contribution >= 4 is 22.4 Å². The number of thiazole rings is 1. The van der Waals surface area contributed by atoms with Gasteiger partial charge in [-0.25, -0.2) is 9.78 Å². The maximum absolute atomic E-state index is 11.4. The molecule has 3 heterocycles. The van der Waals surface area contributed by atoms with Crippen LogP contribution in [-0.2, 0) is 6.54 Å². The first-order valence-electron chi connectivity index (χ1n) is 7.15. The fraction of sp³-hybridized carbons (Fsp3) is 0.467. The summed E-state index contributed by atoms with van der Waals surface area (Å²) >= 11 is 1.65. The summed E-state index contributed by atoms with van der Waals surface area (Å²) in [6.45, 7) is 6.46. The van der Waals surface area contributed by atoms with Crippen molar-refractivity contribution in [3.8, 4) is 0 Å². The highest BCUT2D eigenvalue weighted by atomic mass is 32.1. The quantitative estimate of drug-likeness (QED) is 0.943. The Hall–Kier alpha value is -1.82. The summed E-state index contributed by atoms with van der Waals surface area (Å²) in [5.41, 5.74) is 3.13. The van der Waals surface area contributed by atoms with Crippen LogP contribution in [0.15, 0.2) is 11.6 Å². The lowest BCUT2D eigenvalue weighted by Gasteiger charge is -2.12. The van der Waals surface area contributed by atoms with Gasteiger partial charge in [0.25, 0.3) is 0 Å². The molecule has 0 spiro atoms. The molecule has 0 amide bonds. The van der Waals surface area contributed by atoms with Crippen molar-refractivity contribution in [2.45, 2.75) is 33.2 Å². The molecule has 1 saturated heterocycles. The molecule has 0 aromatic carbocycles. The van der Waals surface area contributed by atoms with Crippen LogP contribution >= 0.6 is 11.3 Å². The van der Waals surface area contributed by atoms with Gasteiger partial charge in [-0.05, 0) is 37.8 Å². The minimum atomic E-state index is -0.879. The van der Waals surface area contributed by atoms with Gasteiger partial charge in [0.15, 0.2) is 5.13 Å². The van der Waals surface area contributed by atoms with E-state index in [0.717, 1.165) is 35.0 Å². The monoisotopic (exact) mass is 305 g/mol. The number of rotatable bonds is 4. The average molecular weight is 305 g/mol. The van der Waals surface area contributed by atoms with E-state index in [4.69, 9.17) is 0 Å². The fourth-order valence-electron chi connectivity index (χ4n) is 2.80. The van der Waals surface area contributed by atoms with E-state index < -0.39 is 5.97 Å². The van der Waals surface area contributed by atoms with Crippen molar-refractivity contribution in [1.82, 2.24) is 9.55 Å². The molecule has 1 fully saturated rings. The van der Waals surface area contributed by atoms with Crippen molar-refractivity contribution in [2.75, 3.05) is 18.0 Å². The van der Waals surface area contributed by atoms with Gasteiger partial charge in [-0.3, -0.25) is 0 Å². The first kappa shape index (κ1) is 14.1. The molecular formula is C15H19N3O2S. The largest absolute Gasteiger partial charge is 0.477 e. The van der Waals surface area contributed by atoms with Crippen molar-refractivity contribution < 1.29 is 9.90 Å². The Bertz CT molecular complexity index is 669. The number of nitrogens with zero attached hydrogens (tertiary/aromatic N) is 3. The third-order valence-corrected chi connectivity index (χ3v) is 4.98. The zero-order valence-electron chi connectivity index (χ0n) is 12.3. The van der Waals surface area contributed by atoms with Gasteiger partial charge in [0, 0.05) is 24.7 Å². The van der Waals surface area contributed by atoms with Crippen molar-refractivity contribution in [3.63, 3.8) is 0 Å². The molecule has 2 aromatic heterocycles. The van der Waals surface area contributed by atoms with Gasteiger partial charge in [0.1, 0.15) is 5.69 Å². The second-order valence-electron chi connectivity index (χ2n) is 5.53. The number of carbonyl (C=O) groups is 1. The Morgan fingerprint density at radius 3 is 2.76 bits per heavy atom. The van der Waals surface area contributed by atoms with E-state index in [1.807, 2.05) is 25.4 Å². The summed E-state index contributed by atoms with van der Waals surface area (Å²) in [5, 5.41) is 12.5. The highest BCUT2D eigenvalue weighted by molar-refractivity contribution is 7.13. The molecule has 0 bridgehead atoms. The molecule has 0 saturated carbocycles. The molecule has 1 aliphatic heterocycles. The summed E-state index contributed by atoms with van der Waals surface area (Å²) in [4.78, 5) is 18.4. The standard InChI is InChI=1S/C15H19N3O2S/c1-10-7-18(13(11(10)2)14(19)20)8-12-9-21-15(16-12)17-5-3-4-6-17/h7,9H,3-6,8H2,1-2H3,(H,19,20). The second kappa shape index (κ2) is 5.52. The number of carboxylic acid groups (broad SMARTS) is 1. The van der Waals surface area contributed by atoms with E-state index in [1.54, 1.807) is 15.9 Å². The smallest absolute Gasteiger partial charge is 0.352 e. The lowest BCUT2D eigenvalue weighted by atomic mass is 10.2. The molecule has 0 aliphatic carbocycles. The SMILES string of the molecule is Cc1cn(Cc2csc(N3CCCC3)n2)c(C(=O)O)c1C. The van der Waals surface area contributed by atoms with Gasteiger partial charge in [0.05, 0.1) is 12.2 Å². The first-order valence-corrected chi connectivity index (χ1v) is 8.03. The van der Waals surface area contributed by atoms with Gasteiger partial charge in [-0.1, -0.05) is 0 Å². The number of hydrogen-bond donors (Lipinski definition) is 1. The van der Waals surface area contributed by atoms with Crippen LogP contribution in [0.4, 0.5) is 5.13 Å². The molecule has 112 valence electrons. The van der Waals surface area contributed by atoms with Crippen LogP contribution in [0, 0.1) is 13.8 Å². The Morgan fingerprint density at radius 2 is 2.10 bits per heavy atom. The predicted molar refractivity (Wildman–Crippen MR) is 83.5 cm³/mol. The predicted octanol–water partition coefficient (Wildman–Crippen LogP) is 2.91. The topological polar surface area (TPSA) is 58.4 Å². The minimum Gasteiger partial charge on any atom is -0.477 e. The summed E-state index contributed by atoms with van der Waals surface area (Å²) in [6.07, 6.45) is 4.36. The van der Waals surface area contributed by atoms with E-state index >= 15 is 0 Å². The third-order valence-electron chi connectivity index (χ3n) is 4.03. The van der Waals surface area contributed by atoms with Gasteiger partial charge >= 0.3 is 5.97 Å². The Balaban J connectivity index is 1.84. The Morgan fingerprint density at radius 1 is 1.38 bits per heavy atom. The van der Waals surface area contributed by atoms with Crippen LogP contribution in [0.1, 0.15) is 40.2 Å². The zero-order valence-corrected chi connectivity index (χ0v) is 13.1. The van der Waals surface area contributed by atoms with Crippen LogP contribution < -0.4 is 4.90 Å². The van der Waals surface area contributed by atoms with E-state index in [0.29, 0.717) is 12.2 Å². The van der Waals surface area contributed by atoms with Crippen molar-refractivity contribution in [1.29, 1.82) is 0 Å². The molecule has 1 N–H and O–H groups in total. The zero-order chi connectivity index (χ0) is 15.0. The fourth-order valence-corrected chi connectivity index (χ4v) is 3.67. The van der Waals surface area contributed by atoms with Gasteiger partial charge in [-0.15, -0.1) is 11.3 Å². The molecule has 0 atom stereocenters. The van der Waals surface area contributed by atoms with Crippen LogP contribution in [0.25, 0.3) is 0 Å². The van der Waals surface area contributed by atoms with Crippen LogP contribution in [0.5, 0.6) is 0 Å². The molecular weight excluding hydrogens is 286 g/mol. The van der Waals surface area contributed by atoms with Crippen molar-refractivity contribution in [3.05, 3.63) is 34.1 Å². The molecule has 5 nitrogen and oxygen atoms in total. The van der Waals surface area contributed by atoms with E-state index in [1.165, 1.54) is 12.8 Å². The Kier molecular flexibility index (Phi) is 3.71. The van der Waals surface area contributed by atoms with Gasteiger partial charge in [-0.2, -0.15) is 0 Å². The molecule has 21 heavy (non-hydrogen) atoms. The van der Waals surface area contributed by atoms with Crippen molar-refractivity contribution in [2.24, 2.45) is 0 Å². The number of aryl methyl sites for hydroxylation is 1. The lowest BCUT2D eigenvalue weighted by molar-refractivity contribution is 0.0685. The summed E-state index contributed by atoms with van der Waals surface area (Å²) < 4.78 is 1.79. The van der Waals surface area contributed by atoms with Crippen LogP contribution in [0.3, 0.4) is 0 Å². The molecule has 0 unspecified atom stereocenters. The van der Waals surface area contributed by atoms with Crippen LogP contribution in [0.2, 0.25) is 0 Å². The van der Waals surface area contributed by atoms with Gasteiger partial charge < -0.3 is 14.6 Å². The molecule has 2 aromatic rings. The first-order chi connectivity index (χ1) is 10.1. The summed E-state index contributed by atoms with van der Waals surface area (Å²) in [5.74, 6) is -0.879. The highest BCUT2D eigenvalue weighted by Gasteiger charge is 2.19. The summed E-state index contributed by atoms with van der Waals surface area (Å²) in [7, 11) is 0. The van der Waals surface area contributed by atoms with Gasteiger partial charge in [0.2, 0.25) is 0 Å². The molecule has 3 rings (SSSR count).